The number of amides is 1. The summed E-state index contributed by atoms with van der Waals surface area (Å²) < 4.78 is 1.91. The van der Waals surface area contributed by atoms with Crippen LogP contribution in [0.5, 0.6) is 0 Å². The Morgan fingerprint density at radius 1 is 1.25 bits per heavy atom. The molecule has 1 saturated heterocycles. The molecule has 1 atom stereocenters. The maximum Gasteiger partial charge on any atom is 0.227 e. The number of hydrogen-bond acceptors (Lipinski definition) is 4. The van der Waals surface area contributed by atoms with Crippen LogP contribution in [0.25, 0.3) is 5.65 Å². The Hall–Kier alpha value is -2.11. The third-order valence-corrected chi connectivity index (χ3v) is 4.83. The van der Waals surface area contributed by atoms with Gasteiger partial charge >= 0.3 is 0 Å². The lowest BCUT2D eigenvalue weighted by atomic mass is 9.96. The lowest BCUT2D eigenvalue weighted by molar-refractivity contribution is -0.135. The summed E-state index contributed by atoms with van der Waals surface area (Å²) in [6.45, 7) is 11.4. The Kier molecular flexibility index (Phi) is 4.73. The van der Waals surface area contributed by atoms with Gasteiger partial charge in [-0.1, -0.05) is 0 Å². The molecule has 0 spiro atoms. The molecule has 0 bridgehead atoms. The Morgan fingerprint density at radius 3 is 2.71 bits per heavy atom. The standard InChI is InChI=1S/C18H27N5O/c1-5-21(6-2)18(24)15-8-7-9-22(12-15)17-11-13(3)19-16-10-14(4)20-23(16)17/h10-11,15H,5-9,12H2,1-4H3. The van der Waals surface area contributed by atoms with E-state index in [1.807, 2.05) is 43.2 Å². The highest BCUT2D eigenvalue weighted by molar-refractivity contribution is 5.79. The van der Waals surface area contributed by atoms with Crippen LogP contribution in [0.2, 0.25) is 0 Å². The molecule has 2 aromatic rings. The normalized spacial score (nSPS) is 18.2. The van der Waals surface area contributed by atoms with Crippen molar-refractivity contribution >= 4 is 17.4 Å². The minimum atomic E-state index is 0.0684. The van der Waals surface area contributed by atoms with E-state index in [9.17, 15) is 4.79 Å². The molecular formula is C18H27N5O. The fourth-order valence-corrected chi connectivity index (χ4v) is 3.60. The Balaban J connectivity index is 1.89. The van der Waals surface area contributed by atoms with Crippen LogP contribution >= 0.6 is 0 Å². The van der Waals surface area contributed by atoms with E-state index in [0.29, 0.717) is 0 Å². The summed E-state index contributed by atoms with van der Waals surface area (Å²) in [7, 11) is 0. The van der Waals surface area contributed by atoms with Crippen molar-refractivity contribution in [1.29, 1.82) is 0 Å². The average Bonchev–Trinajstić information content (AvgIpc) is 2.95. The number of carbonyl (C=O) groups is 1. The molecule has 3 heterocycles. The topological polar surface area (TPSA) is 53.7 Å². The monoisotopic (exact) mass is 329 g/mol. The van der Waals surface area contributed by atoms with E-state index in [4.69, 9.17) is 0 Å². The van der Waals surface area contributed by atoms with Gasteiger partial charge in [0.15, 0.2) is 5.65 Å². The van der Waals surface area contributed by atoms with Crippen LogP contribution in [-0.2, 0) is 4.79 Å². The number of rotatable bonds is 4. The third-order valence-electron chi connectivity index (χ3n) is 4.83. The van der Waals surface area contributed by atoms with Gasteiger partial charge in [-0.05, 0) is 40.5 Å². The molecule has 1 amide bonds. The highest BCUT2D eigenvalue weighted by Crippen LogP contribution is 2.25. The minimum Gasteiger partial charge on any atom is -0.356 e. The highest BCUT2D eigenvalue weighted by atomic mass is 16.2. The first-order valence-electron chi connectivity index (χ1n) is 8.91. The van der Waals surface area contributed by atoms with Crippen LogP contribution in [0.1, 0.15) is 38.1 Å². The van der Waals surface area contributed by atoms with Gasteiger partial charge in [0.05, 0.1) is 11.6 Å². The molecule has 1 unspecified atom stereocenters. The number of nitrogens with zero attached hydrogens (tertiary/aromatic N) is 5. The zero-order chi connectivity index (χ0) is 17.3. The summed E-state index contributed by atoms with van der Waals surface area (Å²) in [6.07, 6.45) is 2.00. The van der Waals surface area contributed by atoms with E-state index in [2.05, 4.69) is 21.0 Å². The highest BCUT2D eigenvalue weighted by Gasteiger charge is 2.29. The Bertz CT molecular complexity index is 734. The SMILES string of the molecule is CCN(CC)C(=O)C1CCCN(c2cc(C)nc3cc(C)nn23)C1. The molecule has 0 aromatic carbocycles. The van der Waals surface area contributed by atoms with E-state index in [0.717, 1.165) is 61.9 Å². The van der Waals surface area contributed by atoms with Gasteiger partial charge in [0.1, 0.15) is 5.82 Å². The summed E-state index contributed by atoms with van der Waals surface area (Å²) in [5.74, 6) is 1.39. The summed E-state index contributed by atoms with van der Waals surface area (Å²) in [6, 6.07) is 4.07. The third kappa shape index (κ3) is 3.09. The number of fused-ring (bicyclic) bond motifs is 1. The van der Waals surface area contributed by atoms with Crippen LogP contribution in [0.3, 0.4) is 0 Å². The van der Waals surface area contributed by atoms with Crippen LogP contribution in [0, 0.1) is 19.8 Å². The lowest BCUT2D eigenvalue weighted by Crippen LogP contribution is -2.45. The van der Waals surface area contributed by atoms with Crippen molar-refractivity contribution in [3.8, 4) is 0 Å². The molecule has 0 saturated carbocycles. The van der Waals surface area contributed by atoms with Crippen LogP contribution < -0.4 is 4.90 Å². The molecule has 1 aliphatic rings. The van der Waals surface area contributed by atoms with Crippen molar-refractivity contribution in [2.24, 2.45) is 5.92 Å². The van der Waals surface area contributed by atoms with Crippen molar-refractivity contribution in [1.82, 2.24) is 19.5 Å². The first-order valence-corrected chi connectivity index (χ1v) is 8.91. The summed E-state index contributed by atoms with van der Waals surface area (Å²) >= 11 is 0. The number of carbonyl (C=O) groups excluding carboxylic acids is 1. The predicted molar refractivity (Wildman–Crippen MR) is 95.3 cm³/mol. The van der Waals surface area contributed by atoms with Gasteiger partial charge in [0, 0.05) is 44.0 Å². The van der Waals surface area contributed by atoms with E-state index in [1.54, 1.807) is 0 Å². The number of hydrogen-bond donors (Lipinski definition) is 0. The molecule has 2 aromatic heterocycles. The average molecular weight is 329 g/mol. The van der Waals surface area contributed by atoms with Crippen molar-refractivity contribution in [3.05, 3.63) is 23.5 Å². The van der Waals surface area contributed by atoms with Gasteiger partial charge in [-0.15, -0.1) is 0 Å². The lowest BCUT2D eigenvalue weighted by Gasteiger charge is -2.35. The number of piperidine rings is 1. The van der Waals surface area contributed by atoms with Gasteiger partial charge in [0.2, 0.25) is 5.91 Å². The molecule has 0 N–H and O–H groups in total. The van der Waals surface area contributed by atoms with Crippen LogP contribution in [0.4, 0.5) is 5.82 Å². The molecule has 1 aliphatic heterocycles. The van der Waals surface area contributed by atoms with E-state index in [-0.39, 0.29) is 11.8 Å². The van der Waals surface area contributed by atoms with Gasteiger partial charge in [-0.2, -0.15) is 9.61 Å². The first kappa shape index (κ1) is 16.7. The summed E-state index contributed by atoms with van der Waals surface area (Å²) in [4.78, 5) is 21.5. The molecule has 0 aliphatic carbocycles. The molecule has 1 fully saturated rings. The van der Waals surface area contributed by atoms with Gasteiger partial charge < -0.3 is 9.80 Å². The van der Waals surface area contributed by atoms with Gasteiger partial charge in [-0.3, -0.25) is 4.79 Å². The van der Waals surface area contributed by atoms with Crippen molar-refractivity contribution < 1.29 is 4.79 Å². The van der Waals surface area contributed by atoms with E-state index in [1.165, 1.54) is 0 Å². The van der Waals surface area contributed by atoms with Crippen LogP contribution in [-0.4, -0.2) is 51.6 Å². The quantitative estimate of drug-likeness (QED) is 0.864. The summed E-state index contributed by atoms with van der Waals surface area (Å²) in [5, 5.41) is 4.58. The Morgan fingerprint density at radius 2 is 2.00 bits per heavy atom. The molecular weight excluding hydrogens is 302 g/mol. The maximum atomic E-state index is 12.7. The molecule has 3 rings (SSSR count). The number of aromatic nitrogens is 3. The zero-order valence-corrected chi connectivity index (χ0v) is 15.1. The second kappa shape index (κ2) is 6.79. The number of anilines is 1. The second-order valence-electron chi connectivity index (χ2n) is 6.61. The fraction of sp³-hybridized carbons (Fsp3) is 0.611. The Labute approximate surface area is 143 Å². The maximum absolute atomic E-state index is 12.7. The molecule has 6 nitrogen and oxygen atoms in total. The van der Waals surface area contributed by atoms with Crippen molar-refractivity contribution in [2.75, 3.05) is 31.1 Å². The second-order valence-corrected chi connectivity index (χ2v) is 6.61. The largest absolute Gasteiger partial charge is 0.356 e. The predicted octanol–water partition coefficient (Wildman–Crippen LogP) is 2.43. The first-order chi connectivity index (χ1) is 11.5. The van der Waals surface area contributed by atoms with E-state index >= 15 is 0 Å². The molecule has 6 heteroatoms. The van der Waals surface area contributed by atoms with E-state index < -0.39 is 0 Å². The van der Waals surface area contributed by atoms with Gasteiger partial charge in [0.25, 0.3) is 0 Å². The number of aryl methyl sites for hydroxylation is 2. The van der Waals surface area contributed by atoms with Gasteiger partial charge in [-0.25, -0.2) is 4.98 Å². The van der Waals surface area contributed by atoms with Crippen molar-refractivity contribution in [3.63, 3.8) is 0 Å². The van der Waals surface area contributed by atoms with Crippen LogP contribution in [0.15, 0.2) is 12.1 Å². The van der Waals surface area contributed by atoms with Crippen molar-refractivity contribution in [2.45, 2.75) is 40.5 Å². The molecule has 24 heavy (non-hydrogen) atoms. The smallest absolute Gasteiger partial charge is 0.227 e. The molecule has 0 radical (unpaired) electrons. The zero-order valence-electron chi connectivity index (χ0n) is 15.1. The summed E-state index contributed by atoms with van der Waals surface area (Å²) in [5.41, 5.74) is 2.82. The molecule has 130 valence electrons. The minimum absolute atomic E-state index is 0.0684. The fourth-order valence-electron chi connectivity index (χ4n) is 3.60.